The highest BCUT2D eigenvalue weighted by Gasteiger charge is 2.16. The van der Waals surface area contributed by atoms with Gasteiger partial charge >= 0.3 is 0 Å². The molecule has 1 N–H and O–H groups in total. The predicted molar refractivity (Wildman–Crippen MR) is 82.1 cm³/mol. The van der Waals surface area contributed by atoms with Crippen molar-refractivity contribution < 1.29 is 9.47 Å². The van der Waals surface area contributed by atoms with Gasteiger partial charge in [-0.25, -0.2) is 9.97 Å². The topological polar surface area (TPSA) is 56.3 Å². The van der Waals surface area contributed by atoms with Crippen LogP contribution in [0, 0.1) is 0 Å². The lowest BCUT2D eigenvalue weighted by molar-refractivity contribution is 0.393. The summed E-state index contributed by atoms with van der Waals surface area (Å²) in [6, 6.07) is 7.42. The molecule has 0 fully saturated rings. The molecule has 1 aromatic heterocycles. The first-order chi connectivity index (χ1) is 10.2. The van der Waals surface area contributed by atoms with Gasteiger partial charge in [0.2, 0.25) is 5.88 Å². The number of hydrogen-bond acceptors (Lipinski definition) is 5. The molecule has 0 radical (unpaired) electrons. The van der Waals surface area contributed by atoms with Crippen molar-refractivity contribution in [2.75, 3.05) is 21.3 Å². The van der Waals surface area contributed by atoms with Gasteiger partial charge in [-0.05, 0) is 25.2 Å². The Hall–Kier alpha value is -1.85. The summed E-state index contributed by atoms with van der Waals surface area (Å²) >= 11 is 6.10. The number of ether oxygens (including phenoxy) is 2. The van der Waals surface area contributed by atoms with Gasteiger partial charge in [-0.1, -0.05) is 11.6 Å². The van der Waals surface area contributed by atoms with Crippen LogP contribution in [0.4, 0.5) is 0 Å². The molecule has 1 aromatic carbocycles. The lowest BCUT2D eigenvalue weighted by Crippen LogP contribution is -2.20. The number of methoxy groups -OCH3 is 2. The van der Waals surface area contributed by atoms with Crippen LogP contribution in [0.25, 0.3) is 0 Å². The van der Waals surface area contributed by atoms with E-state index in [9.17, 15) is 0 Å². The van der Waals surface area contributed by atoms with Crippen LogP contribution in [0.5, 0.6) is 11.6 Å². The Morgan fingerprint density at radius 2 is 2.00 bits per heavy atom. The van der Waals surface area contributed by atoms with E-state index in [-0.39, 0.29) is 6.04 Å². The van der Waals surface area contributed by atoms with Gasteiger partial charge in [0.05, 0.1) is 14.2 Å². The van der Waals surface area contributed by atoms with Gasteiger partial charge in [0.15, 0.2) is 0 Å². The van der Waals surface area contributed by atoms with Crippen LogP contribution in [0.3, 0.4) is 0 Å². The van der Waals surface area contributed by atoms with E-state index in [1.165, 1.54) is 6.33 Å². The van der Waals surface area contributed by atoms with Crippen molar-refractivity contribution in [2.24, 2.45) is 0 Å². The summed E-state index contributed by atoms with van der Waals surface area (Å²) in [7, 11) is 5.12. The van der Waals surface area contributed by atoms with Gasteiger partial charge in [-0.15, -0.1) is 0 Å². The van der Waals surface area contributed by atoms with Gasteiger partial charge in [0, 0.05) is 34.8 Å². The molecule has 0 saturated heterocycles. The minimum Gasteiger partial charge on any atom is -0.496 e. The zero-order valence-corrected chi connectivity index (χ0v) is 13.0. The molecule has 2 aromatic rings. The molecule has 1 atom stereocenters. The summed E-state index contributed by atoms with van der Waals surface area (Å²) in [6.07, 6.45) is 2.17. The first-order valence-electron chi connectivity index (χ1n) is 6.53. The second kappa shape index (κ2) is 7.24. The summed E-state index contributed by atoms with van der Waals surface area (Å²) in [5, 5.41) is 3.94. The molecule has 1 heterocycles. The molecule has 0 aliphatic heterocycles. The number of nitrogens with zero attached hydrogens (tertiary/aromatic N) is 2. The molecular formula is C15H18ClN3O2. The third-order valence-electron chi connectivity index (χ3n) is 3.24. The molecule has 5 nitrogen and oxygen atoms in total. The molecule has 21 heavy (non-hydrogen) atoms. The third kappa shape index (κ3) is 3.83. The number of halogens is 1. The fourth-order valence-corrected chi connectivity index (χ4v) is 2.33. The van der Waals surface area contributed by atoms with Gasteiger partial charge in [0.1, 0.15) is 12.1 Å². The Morgan fingerprint density at radius 1 is 1.19 bits per heavy atom. The lowest BCUT2D eigenvalue weighted by atomic mass is 10.0. The van der Waals surface area contributed by atoms with Crippen LogP contribution in [0.15, 0.2) is 30.6 Å². The quantitative estimate of drug-likeness (QED) is 0.889. The molecule has 1 unspecified atom stereocenters. The average Bonchev–Trinajstić information content (AvgIpc) is 2.52. The normalized spacial score (nSPS) is 12.0. The van der Waals surface area contributed by atoms with E-state index in [2.05, 4.69) is 15.3 Å². The van der Waals surface area contributed by atoms with Crippen LogP contribution < -0.4 is 14.8 Å². The summed E-state index contributed by atoms with van der Waals surface area (Å²) in [5.41, 5.74) is 1.87. The van der Waals surface area contributed by atoms with Crippen LogP contribution >= 0.6 is 11.6 Å². The van der Waals surface area contributed by atoms with Crippen molar-refractivity contribution in [3.05, 3.63) is 46.9 Å². The van der Waals surface area contributed by atoms with Gasteiger partial charge in [-0.3, -0.25) is 0 Å². The van der Waals surface area contributed by atoms with E-state index >= 15 is 0 Å². The Labute approximate surface area is 129 Å². The molecule has 2 rings (SSSR count). The van der Waals surface area contributed by atoms with E-state index in [0.29, 0.717) is 17.3 Å². The number of hydrogen-bond donors (Lipinski definition) is 1. The highest BCUT2D eigenvalue weighted by molar-refractivity contribution is 6.30. The summed E-state index contributed by atoms with van der Waals surface area (Å²) < 4.78 is 10.5. The second-order valence-electron chi connectivity index (χ2n) is 4.48. The molecule has 0 aliphatic rings. The maximum Gasteiger partial charge on any atom is 0.216 e. The molecule has 0 saturated carbocycles. The van der Waals surface area contributed by atoms with Crippen molar-refractivity contribution in [2.45, 2.75) is 12.5 Å². The molecule has 6 heteroatoms. The summed E-state index contributed by atoms with van der Waals surface area (Å²) in [6.45, 7) is 0. The summed E-state index contributed by atoms with van der Waals surface area (Å²) in [4.78, 5) is 8.29. The summed E-state index contributed by atoms with van der Waals surface area (Å²) in [5.74, 6) is 1.34. The minimum atomic E-state index is 0.0262. The van der Waals surface area contributed by atoms with Crippen LogP contribution in [0.1, 0.15) is 17.3 Å². The highest BCUT2D eigenvalue weighted by atomic mass is 35.5. The molecule has 0 spiro atoms. The first kappa shape index (κ1) is 15.5. The number of aromatic nitrogens is 2. The minimum absolute atomic E-state index is 0.0262. The predicted octanol–water partition coefficient (Wildman–Crippen LogP) is 2.65. The number of nitrogens with one attached hydrogen (secondary N) is 1. The number of rotatable bonds is 6. The Bertz CT molecular complexity index is 607. The largest absolute Gasteiger partial charge is 0.496 e. The number of benzene rings is 1. The third-order valence-corrected chi connectivity index (χ3v) is 3.47. The zero-order chi connectivity index (χ0) is 15.2. The molecule has 112 valence electrons. The van der Waals surface area contributed by atoms with Crippen LogP contribution in [-0.2, 0) is 6.42 Å². The van der Waals surface area contributed by atoms with Crippen molar-refractivity contribution in [1.82, 2.24) is 15.3 Å². The molecular weight excluding hydrogens is 290 g/mol. The maximum absolute atomic E-state index is 6.10. The highest BCUT2D eigenvalue weighted by Crippen LogP contribution is 2.30. The van der Waals surface area contributed by atoms with E-state index in [1.54, 1.807) is 14.2 Å². The first-order valence-corrected chi connectivity index (χ1v) is 6.91. The van der Waals surface area contributed by atoms with Gasteiger partial charge in [0.25, 0.3) is 0 Å². The standard InChI is InChI=1S/C15H18ClN3O2/c1-17-13(7-11-8-15(21-3)19-9-18-11)12-6-10(16)4-5-14(12)20-2/h4-6,8-9,13,17H,7H2,1-3H3. The van der Waals surface area contributed by atoms with E-state index in [0.717, 1.165) is 17.0 Å². The van der Waals surface area contributed by atoms with Crippen LogP contribution in [-0.4, -0.2) is 31.2 Å². The van der Waals surface area contributed by atoms with E-state index < -0.39 is 0 Å². The fourth-order valence-electron chi connectivity index (χ4n) is 2.15. The smallest absolute Gasteiger partial charge is 0.216 e. The molecule has 0 amide bonds. The average molecular weight is 308 g/mol. The monoisotopic (exact) mass is 307 g/mol. The van der Waals surface area contributed by atoms with Crippen molar-refractivity contribution in [3.63, 3.8) is 0 Å². The maximum atomic E-state index is 6.10. The van der Waals surface area contributed by atoms with Crippen LogP contribution in [0.2, 0.25) is 5.02 Å². The fraction of sp³-hybridized carbons (Fsp3) is 0.333. The molecule has 0 aliphatic carbocycles. The lowest BCUT2D eigenvalue weighted by Gasteiger charge is -2.19. The van der Waals surface area contributed by atoms with Gasteiger partial charge < -0.3 is 14.8 Å². The zero-order valence-electron chi connectivity index (χ0n) is 12.3. The Balaban J connectivity index is 2.29. The Kier molecular flexibility index (Phi) is 5.36. The second-order valence-corrected chi connectivity index (χ2v) is 4.92. The van der Waals surface area contributed by atoms with Crippen molar-refractivity contribution >= 4 is 11.6 Å². The van der Waals surface area contributed by atoms with Crippen molar-refractivity contribution in [3.8, 4) is 11.6 Å². The Morgan fingerprint density at radius 3 is 2.67 bits per heavy atom. The van der Waals surface area contributed by atoms with E-state index in [4.69, 9.17) is 21.1 Å². The van der Waals surface area contributed by atoms with Gasteiger partial charge in [-0.2, -0.15) is 0 Å². The van der Waals surface area contributed by atoms with Crippen molar-refractivity contribution in [1.29, 1.82) is 0 Å². The SMILES string of the molecule is CNC(Cc1cc(OC)ncn1)c1cc(Cl)ccc1OC. The number of likely N-dealkylation sites (N-methyl/N-ethyl adjacent to an activating group) is 1. The van der Waals surface area contributed by atoms with E-state index in [1.807, 2.05) is 31.3 Å². The molecule has 0 bridgehead atoms.